The summed E-state index contributed by atoms with van der Waals surface area (Å²) >= 11 is 0. The van der Waals surface area contributed by atoms with E-state index in [9.17, 15) is 0 Å². The number of hydrogen-bond acceptors (Lipinski definition) is 1. The first kappa shape index (κ1) is 34.2. The monoisotopic (exact) mass is 739 g/mol. The summed E-state index contributed by atoms with van der Waals surface area (Å²) in [6, 6.07) is 71.6. The topological polar surface area (TPSA) is 12.9 Å². The Morgan fingerprint density at radius 1 is 0.483 bits per heavy atom. The van der Waals surface area contributed by atoms with E-state index in [4.69, 9.17) is 4.98 Å². The molecular formula is C57H41N. The number of allylic oxidation sites excluding steroid dienone is 4. The number of nitrogens with zero attached hydrogens (tertiary/aromatic N) is 1. The van der Waals surface area contributed by atoms with Gasteiger partial charge in [0.2, 0.25) is 0 Å². The first-order valence-corrected chi connectivity index (χ1v) is 20.4. The lowest BCUT2D eigenvalue weighted by atomic mass is 9.67. The molecule has 0 bridgehead atoms. The van der Waals surface area contributed by atoms with E-state index in [0.29, 0.717) is 5.92 Å². The molecule has 8 aromatic carbocycles. The van der Waals surface area contributed by atoms with E-state index in [0.717, 1.165) is 23.2 Å². The van der Waals surface area contributed by atoms with Crippen LogP contribution in [0.2, 0.25) is 0 Å². The molecule has 274 valence electrons. The molecule has 1 heterocycles. The van der Waals surface area contributed by atoms with Gasteiger partial charge in [-0.1, -0.05) is 195 Å². The van der Waals surface area contributed by atoms with Crippen molar-refractivity contribution >= 4 is 27.2 Å². The van der Waals surface area contributed by atoms with Crippen molar-refractivity contribution in [3.63, 3.8) is 0 Å². The third kappa shape index (κ3) is 5.42. The van der Waals surface area contributed by atoms with E-state index < -0.39 is 5.41 Å². The number of hydrogen-bond donors (Lipinski definition) is 0. The third-order valence-corrected chi connectivity index (χ3v) is 12.6. The molecule has 0 aliphatic heterocycles. The van der Waals surface area contributed by atoms with Crippen molar-refractivity contribution in [2.24, 2.45) is 5.92 Å². The molecule has 1 nitrogen and oxygen atoms in total. The van der Waals surface area contributed by atoms with Crippen LogP contribution in [0.3, 0.4) is 0 Å². The van der Waals surface area contributed by atoms with E-state index >= 15 is 0 Å². The average molecular weight is 740 g/mol. The minimum absolute atomic E-state index is 0.429. The molecule has 0 saturated heterocycles. The Balaban J connectivity index is 1.06. The van der Waals surface area contributed by atoms with Gasteiger partial charge < -0.3 is 0 Å². The van der Waals surface area contributed by atoms with Gasteiger partial charge in [-0.3, -0.25) is 0 Å². The average Bonchev–Trinajstić information content (AvgIpc) is 3.60. The van der Waals surface area contributed by atoms with Gasteiger partial charge in [0.1, 0.15) is 0 Å². The summed E-state index contributed by atoms with van der Waals surface area (Å²) in [5.41, 5.74) is 18.0. The second kappa shape index (κ2) is 13.8. The second-order valence-electron chi connectivity index (χ2n) is 15.9. The Morgan fingerprint density at radius 2 is 1.10 bits per heavy atom. The highest BCUT2D eigenvalue weighted by Crippen LogP contribution is 2.58. The van der Waals surface area contributed by atoms with E-state index in [2.05, 4.69) is 219 Å². The molecule has 0 amide bonds. The molecule has 0 N–H and O–H groups in total. The van der Waals surface area contributed by atoms with Crippen LogP contribution in [0, 0.1) is 5.92 Å². The molecule has 0 spiro atoms. The lowest BCUT2D eigenvalue weighted by molar-refractivity contribution is 0.759. The normalized spacial score (nSPS) is 15.3. The van der Waals surface area contributed by atoms with Crippen LogP contribution in [0.5, 0.6) is 0 Å². The quantitative estimate of drug-likeness (QED) is 0.165. The molecule has 2 aliphatic rings. The maximum Gasteiger partial charge on any atom is 0.0721 e. The van der Waals surface area contributed by atoms with Crippen molar-refractivity contribution in [3.05, 3.63) is 240 Å². The van der Waals surface area contributed by atoms with Crippen LogP contribution in [0.15, 0.2) is 212 Å². The molecule has 1 unspecified atom stereocenters. The Kier molecular flexibility index (Phi) is 8.15. The minimum atomic E-state index is -0.429. The maximum atomic E-state index is 5.29. The fraction of sp³-hybridized carbons (Fsp3) is 0.0702. The number of fused-ring (bicyclic) bond motifs is 5. The molecule has 1 aromatic heterocycles. The molecule has 11 rings (SSSR count). The van der Waals surface area contributed by atoms with Crippen LogP contribution in [0.4, 0.5) is 0 Å². The largest absolute Gasteiger partial charge is 0.248 e. The number of benzene rings is 8. The highest BCUT2D eigenvalue weighted by atomic mass is 14.7. The third-order valence-electron chi connectivity index (χ3n) is 12.6. The van der Waals surface area contributed by atoms with E-state index in [1.54, 1.807) is 0 Å². The second-order valence-corrected chi connectivity index (χ2v) is 15.9. The lowest BCUT2D eigenvalue weighted by Gasteiger charge is -2.34. The van der Waals surface area contributed by atoms with Crippen molar-refractivity contribution in [1.82, 2.24) is 4.98 Å². The zero-order valence-corrected chi connectivity index (χ0v) is 32.4. The van der Waals surface area contributed by atoms with Crippen LogP contribution < -0.4 is 0 Å². The van der Waals surface area contributed by atoms with Gasteiger partial charge in [0, 0.05) is 10.9 Å². The summed E-state index contributed by atoms with van der Waals surface area (Å²) in [5, 5.41) is 3.64. The summed E-state index contributed by atoms with van der Waals surface area (Å²) in [4.78, 5) is 5.29. The molecule has 0 radical (unpaired) electrons. The van der Waals surface area contributed by atoms with Crippen LogP contribution in [-0.4, -0.2) is 4.98 Å². The summed E-state index contributed by atoms with van der Waals surface area (Å²) in [6.45, 7) is 2.33. The van der Waals surface area contributed by atoms with Gasteiger partial charge in [-0.2, -0.15) is 0 Å². The van der Waals surface area contributed by atoms with E-state index in [1.165, 1.54) is 82.9 Å². The molecule has 0 fully saturated rings. The fourth-order valence-corrected chi connectivity index (χ4v) is 9.83. The van der Waals surface area contributed by atoms with Gasteiger partial charge in [0.25, 0.3) is 0 Å². The summed E-state index contributed by atoms with van der Waals surface area (Å²) in [5.74, 6) is 0.445. The number of rotatable bonds is 6. The van der Waals surface area contributed by atoms with Crippen LogP contribution >= 0.6 is 0 Å². The van der Waals surface area contributed by atoms with E-state index in [1.807, 2.05) is 0 Å². The smallest absolute Gasteiger partial charge is 0.0721 e. The molecule has 1 heteroatoms. The molecular weight excluding hydrogens is 699 g/mol. The van der Waals surface area contributed by atoms with Gasteiger partial charge in [-0.15, -0.1) is 0 Å². The van der Waals surface area contributed by atoms with Gasteiger partial charge >= 0.3 is 0 Å². The fourth-order valence-electron chi connectivity index (χ4n) is 9.83. The number of pyridine rings is 1. The predicted octanol–water partition coefficient (Wildman–Crippen LogP) is 14.7. The molecule has 1 atom stereocenters. The Morgan fingerprint density at radius 3 is 1.86 bits per heavy atom. The summed E-state index contributed by atoms with van der Waals surface area (Å²) < 4.78 is 0. The molecule has 58 heavy (non-hydrogen) atoms. The van der Waals surface area contributed by atoms with Crippen molar-refractivity contribution in [2.45, 2.75) is 18.8 Å². The zero-order chi connectivity index (χ0) is 38.6. The lowest BCUT2D eigenvalue weighted by Crippen LogP contribution is -2.28. The van der Waals surface area contributed by atoms with Gasteiger partial charge in [-0.05, 0) is 114 Å². The summed E-state index contributed by atoms with van der Waals surface area (Å²) in [6.07, 6.45) is 7.81. The van der Waals surface area contributed by atoms with Crippen molar-refractivity contribution in [1.29, 1.82) is 0 Å². The van der Waals surface area contributed by atoms with E-state index in [-0.39, 0.29) is 0 Å². The van der Waals surface area contributed by atoms with Crippen LogP contribution in [0.1, 0.15) is 41.2 Å². The standard InChI is InChI=1S/C57H41N/c1-38-16-11-12-23-47(38)51-37-54(40-17-5-2-6-18-40)58-55-36-42(32-33-49(51)55)41-30-28-39-29-31-43(35-44(39)34-41)48-25-15-27-53-56(48)50-24-13-14-26-52(50)57(53,45-19-7-3-8-20-45)46-21-9-4-10-22-46/h2-15,17-38H,16H2,1H3. The highest BCUT2D eigenvalue weighted by Gasteiger charge is 2.46. The Hall–Kier alpha value is -7.09. The molecule has 2 aliphatic carbocycles. The van der Waals surface area contributed by atoms with Crippen molar-refractivity contribution in [2.75, 3.05) is 0 Å². The van der Waals surface area contributed by atoms with Crippen molar-refractivity contribution < 1.29 is 0 Å². The predicted molar refractivity (Wildman–Crippen MR) is 244 cm³/mol. The summed E-state index contributed by atoms with van der Waals surface area (Å²) in [7, 11) is 0. The van der Waals surface area contributed by atoms with Gasteiger partial charge in [0.05, 0.1) is 16.6 Å². The molecule has 0 saturated carbocycles. The zero-order valence-electron chi connectivity index (χ0n) is 32.4. The van der Waals surface area contributed by atoms with Crippen molar-refractivity contribution in [3.8, 4) is 44.6 Å². The van der Waals surface area contributed by atoms with Gasteiger partial charge in [-0.25, -0.2) is 4.98 Å². The maximum absolute atomic E-state index is 5.29. The van der Waals surface area contributed by atoms with Gasteiger partial charge in [0.15, 0.2) is 0 Å². The SMILES string of the molecule is CC1CC=CC=C1c1cc(-c2ccccc2)nc2cc(-c3ccc4ccc(-c5cccc6c5-c5ccccc5C6(c5ccccc5)c5ccccc5)cc4c3)ccc12. The minimum Gasteiger partial charge on any atom is -0.248 e. The highest BCUT2D eigenvalue weighted by molar-refractivity contribution is 6.00. The molecule has 9 aromatic rings. The first-order chi connectivity index (χ1) is 28.7. The van der Waals surface area contributed by atoms with Crippen LogP contribution in [0.25, 0.3) is 71.9 Å². The first-order valence-electron chi connectivity index (χ1n) is 20.4. The van der Waals surface area contributed by atoms with Crippen LogP contribution in [-0.2, 0) is 5.41 Å². The Bertz CT molecular complexity index is 3040. The number of aromatic nitrogens is 1. The Labute approximate surface area is 340 Å².